The highest BCUT2D eigenvalue weighted by molar-refractivity contribution is 5.98. The third-order valence-corrected chi connectivity index (χ3v) is 6.17. The van der Waals surface area contributed by atoms with Crippen molar-refractivity contribution >= 4 is 11.7 Å². The number of anilines is 1. The highest BCUT2D eigenvalue weighted by Crippen LogP contribution is 2.30. The average Bonchev–Trinajstić information content (AvgIpc) is 3.33. The summed E-state index contributed by atoms with van der Waals surface area (Å²) in [4.78, 5) is 20.5. The highest BCUT2D eigenvalue weighted by Gasteiger charge is 2.34. The van der Waals surface area contributed by atoms with Crippen LogP contribution >= 0.6 is 0 Å². The molecule has 2 aromatic heterocycles. The zero-order chi connectivity index (χ0) is 24.5. The number of hydrogen-bond acceptors (Lipinski definition) is 5. The van der Waals surface area contributed by atoms with Gasteiger partial charge in [-0.15, -0.1) is 0 Å². The Labute approximate surface area is 193 Å². The van der Waals surface area contributed by atoms with Crippen LogP contribution in [0.5, 0.6) is 0 Å². The smallest absolute Gasteiger partial charge is 0.368 e. The molecule has 3 heterocycles. The van der Waals surface area contributed by atoms with E-state index < -0.39 is 17.6 Å². The predicted octanol–water partition coefficient (Wildman–Crippen LogP) is 4.48. The van der Waals surface area contributed by atoms with E-state index in [9.17, 15) is 22.4 Å². The second-order valence-electron chi connectivity index (χ2n) is 8.38. The molecule has 1 aromatic carbocycles. The number of likely N-dealkylation sites (tertiary alicyclic amines) is 1. The van der Waals surface area contributed by atoms with Crippen molar-refractivity contribution < 1.29 is 22.4 Å². The lowest BCUT2D eigenvalue weighted by Crippen LogP contribution is -2.51. The summed E-state index contributed by atoms with van der Waals surface area (Å²) in [7, 11) is 0. The third kappa shape index (κ3) is 4.73. The summed E-state index contributed by atoms with van der Waals surface area (Å²) in [5, 5.41) is 11.2. The Balaban J connectivity index is 1.58. The van der Waals surface area contributed by atoms with Gasteiger partial charge in [-0.05, 0) is 49.9 Å². The fourth-order valence-corrected chi connectivity index (χ4v) is 4.28. The Morgan fingerprint density at radius 1 is 1.18 bits per heavy atom. The van der Waals surface area contributed by atoms with Crippen molar-refractivity contribution in [2.45, 2.75) is 38.9 Å². The van der Waals surface area contributed by atoms with E-state index in [-0.39, 0.29) is 40.5 Å². The number of amides is 1. The Morgan fingerprint density at radius 3 is 2.56 bits per heavy atom. The van der Waals surface area contributed by atoms with Gasteiger partial charge in [-0.2, -0.15) is 28.2 Å². The molecule has 1 aliphatic rings. The van der Waals surface area contributed by atoms with Gasteiger partial charge in [0.1, 0.15) is 17.3 Å². The summed E-state index contributed by atoms with van der Waals surface area (Å²) < 4.78 is 52.7. The van der Waals surface area contributed by atoms with E-state index >= 15 is 0 Å². The summed E-state index contributed by atoms with van der Waals surface area (Å²) in [6, 6.07) is 4.68. The first-order valence-corrected chi connectivity index (χ1v) is 10.9. The standard InChI is InChI=1S/C23H24F4N6O/c1-14-4-3-11-32(19(14)13-29-20-8-5-16(12-28-20)23(25,26)27)22(34)17-6-7-18(24)15(2)21(17)33-30-9-10-31-33/h5-10,12,14,19H,3-4,11,13H2,1-2H3,(H,28,29). The van der Waals surface area contributed by atoms with Gasteiger partial charge in [0.25, 0.3) is 5.91 Å². The molecule has 1 fully saturated rings. The van der Waals surface area contributed by atoms with Gasteiger partial charge >= 0.3 is 6.18 Å². The maximum atomic E-state index is 14.3. The van der Waals surface area contributed by atoms with Crippen LogP contribution in [0.2, 0.25) is 0 Å². The van der Waals surface area contributed by atoms with Gasteiger partial charge in [-0.25, -0.2) is 9.37 Å². The van der Waals surface area contributed by atoms with Crippen molar-refractivity contribution in [3.8, 4) is 5.69 Å². The third-order valence-electron chi connectivity index (χ3n) is 6.17. The van der Waals surface area contributed by atoms with Crippen molar-refractivity contribution in [2.75, 3.05) is 18.4 Å². The molecule has 0 spiro atoms. The molecule has 0 bridgehead atoms. The van der Waals surface area contributed by atoms with Crippen LogP contribution in [0, 0.1) is 18.7 Å². The van der Waals surface area contributed by atoms with Crippen LogP contribution in [0.15, 0.2) is 42.9 Å². The number of benzene rings is 1. The summed E-state index contributed by atoms with van der Waals surface area (Å²) in [6.07, 6.45) is 0.919. The van der Waals surface area contributed by atoms with Gasteiger partial charge in [-0.3, -0.25) is 4.79 Å². The van der Waals surface area contributed by atoms with Gasteiger partial charge < -0.3 is 10.2 Å². The molecular formula is C23H24F4N6O. The van der Waals surface area contributed by atoms with Gasteiger partial charge in [0.2, 0.25) is 0 Å². The molecule has 1 aliphatic heterocycles. The van der Waals surface area contributed by atoms with E-state index in [0.29, 0.717) is 13.1 Å². The number of halogens is 4. The largest absolute Gasteiger partial charge is 0.417 e. The second-order valence-corrected chi connectivity index (χ2v) is 8.38. The molecule has 11 heteroatoms. The van der Waals surface area contributed by atoms with Crippen molar-refractivity contribution in [2.24, 2.45) is 5.92 Å². The second kappa shape index (κ2) is 9.40. The molecule has 0 aliphatic carbocycles. The van der Waals surface area contributed by atoms with Gasteiger partial charge in [0, 0.05) is 24.8 Å². The Kier molecular flexibility index (Phi) is 6.54. The first kappa shape index (κ1) is 23.7. The SMILES string of the molecule is Cc1c(F)ccc(C(=O)N2CCCC(C)C2CNc2ccc(C(F)(F)F)cn2)c1-n1nccn1. The van der Waals surface area contributed by atoms with Gasteiger partial charge in [0.05, 0.1) is 29.6 Å². The van der Waals surface area contributed by atoms with Crippen molar-refractivity contribution in [3.05, 3.63) is 65.4 Å². The van der Waals surface area contributed by atoms with E-state index in [1.165, 1.54) is 35.4 Å². The number of hydrogen-bond donors (Lipinski definition) is 1. The molecule has 1 saturated heterocycles. The van der Waals surface area contributed by atoms with Crippen LogP contribution in [-0.4, -0.2) is 49.9 Å². The van der Waals surface area contributed by atoms with Crippen molar-refractivity contribution in [1.82, 2.24) is 24.9 Å². The molecule has 0 saturated carbocycles. The zero-order valence-electron chi connectivity index (χ0n) is 18.7. The number of rotatable bonds is 5. The van der Waals surface area contributed by atoms with Crippen molar-refractivity contribution in [1.29, 1.82) is 0 Å². The summed E-state index contributed by atoms with van der Waals surface area (Å²) >= 11 is 0. The van der Waals surface area contributed by atoms with Crippen LogP contribution < -0.4 is 5.32 Å². The van der Waals surface area contributed by atoms with Crippen LogP contribution in [0.4, 0.5) is 23.4 Å². The number of alkyl halides is 3. The lowest BCUT2D eigenvalue weighted by Gasteiger charge is -2.40. The topological polar surface area (TPSA) is 75.9 Å². The van der Waals surface area contributed by atoms with E-state index in [0.717, 1.165) is 25.1 Å². The minimum absolute atomic E-state index is 0.132. The molecule has 2 unspecified atom stereocenters. The minimum Gasteiger partial charge on any atom is -0.368 e. The number of carbonyl (C=O) groups is 1. The lowest BCUT2D eigenvalue weighted by molar-refractivity contribution is -0.137. The molecule has 3 aromatic rings. The normalized spacial score (nSPS) is 18.7. The molecule has 4 rings (SSSR count). The number of nitrogens with one attached hydrogen (secondary N) is 1. The maximum absolute atomic E-state index is 14.3. The molecular weight excluding hydrogens is 452 g/mol. The summed E-state index contributed by atoms with van der Waals surface area (Å²) in [5.74, 6) is -0.332. The molecule has 1 amide bonds. The maximum Gasteiger partial charge on any atom is 0.417 e. The van der Waals surface area contributed by atoms with Crippen LogP contribution in [0.25, 0.3) is 5.69 Å². The Morgan fingerprint density at radius 2 is 1.91 bits per heavy atom. The van der Waals surface area contributed by atoms with Gasteiger partial charge in [0.15, 0.2) is 0 Å². The van der Waals surface area contributed by atoms with E-state index in [2.05, 4.69) is 20.5 Å². The van der Waals surface area contributed by atoms with Crippen LogP contribution in [0.1, 0.15) is 41.3 Å². The van der Waals surface area contributed by atoms with Crippen LogP contribution in [0.3, 0.4) is 0 Å². The van der Waals surface area contributed by atoms with Crippen molar-refractivity contribution in [3.63, 3.8) is 0 Å². The molecule has 2 atom stereocenters. The van der Waals surface area contributed by atoms with E-state index in [4.69, 9.17) is 0 Å². The predicted molar refractivity (Wildman–Crippen MR) is 117 cm³/mol. The molecule has 180 valence electrons. The van der Waals surface area contributed by atoms with Crippen LogP contribution in [-0.2, 0) is 6.18 Å². The number of piperidine rings is 1. The minimum atomic E-state index is -4.46. The first-order chi connectivity index (χ1) is 16.2. The Hall–Kier alpha value is -3.50. The number of carbonyl (C=O) groups excluding carboxylic acids is 1. The quantitative estimate of drug-likeness (QED) is 0.550. The summed E-state index contributed by atoms with van der Waals surface area (Å²) in [6.45, 7) is 4.40. The fraction of sp³-hybridized carbons (Fsp3) is 0.391. The number of aromatic nitrogens is 4. The van der Waals surface area contributed by atoms with Gasteiger partial charge in [-0.1, -0.05) is 6.92 Å². The molecule has 7 nitrogen and oxygen atoms in total. The number of nitrogens with zero attached hydrogens (tertiary/aromatic N) is 5. The first-order valence-electron chi connectivity index (χ1n) is 10.9. The number of pyridine rings is 1. The lowest BCUT2D eigenvalue weighted by atomic mass is 9.89. The van der Waals surface area contributed by atoms with E-state index in [1.807, 2.05) is 6.92 Å². The van der Waals surface area contributed by atoms with E-state index in [1.54, 1.807) is 11.8 Å². The average molecular weight is 476 g/mol. The fourth-order valence-electron chi connectivity index (χ4n) is 4.28. The monoisotopic (exact) mass is 476 g/mol. The molecule has 34 heavy (non-hydrogen) atoms. The molecule has 0 radical (unpaired) electrons. The zero-order valence-corrected chi connectivity index (χ0v) is 18.7. The molecule has 1 N–H and O–H groups in total. The highest BCUT2D eigenvalue weighted by atomic mass is 19.4. The summed E-state index contributed by atoms with van der Waals surface area (Å²) in [5.41, 5.74) is -0.00531. The Bertz CT molecular complexity index is 1150.